The number of hydrogen-bond donors (Lipinski definition) is 0. The summed E-state index contributed by atoms with van der Waals surface area (Å²) in [6.07, 6.45) is 2.58. The van der Waals surface area contributed by atoms with Crippen LogP contribution in [-0.2, 0) is 11.3 Å². The largest absolute Gasteiger partial charge is 0.444 e. The van der Waals surface area contributed by atoms with Gasteiger partial charge in [-0.2, -0.15) is 5.10 Å². The molecule has 0 aliphatic carbocycles. The second-order valence-corrected chi connectivity index (χ2v) is 6.78. The molecule has 0 bridgehead atoms. The zero-order valence-corrected chi connectivity index (χ0v) is 13.1. The van der Waals surface area contributed by atoms with Crippen molar-refractivity contribution in [3.63, 3.8) is 0 Å². The molecule has 0 unspecified atom stereocenters. The smallest absolute Gasteiger partial charge is 0.410 e. The van der Waals surface area contributed by atoms with E-state index >= 15 is 0 Å². The van der Waals surface area contributed by atoms with Crippen molar-refractivity contribution >= 4 is 6.09 Å². The van der Waals surface area contributed by atoms with E-state index < -0.39 is 5.60 Å². The molecular weight excluding hydrogens is 254 g/mol. The molecule has 0 saturated carbocycles. The second-order valence-electron chi connectivity index (χ2n) is 6.78. The van der Waals surface area contributed by atoms with Gasteiger partial charge in [0.2, 0.25) is 0 Å². The molecule has 5 heteroatoms. The summed E-state index contributed by atoms with van der Waals surface area (Å²) in [6.45, 7) is 11.4. The molecule has 1 amide bonds. The van der Waals surface area contributed by atoms with Crippen LogP contribution in [-0.4, -0.2) is 39.0 Å². The minimum atomic E-state index is -0.449. The lowest BCUT2D eigenvalue weighted by Gasteiger charge is -2.28. The molecule has 1 aromatic heterocycles. The molecule has 0 N–H and O–H groups in total. The average Bonchev–Trinajstić information content (AvgIpc) is 2.84. The molecule has 112 valence electrons. The molecule has 0 aromatic carbocycles. The highest BCUT2D eigenvalue weighted by Crippen LogP contribution is 2.26. The molecule has 1 aliphatic heterocycles. The van der Waals surface area contributed by atoms with Crippen molar-refractivity contribution in [2.75, 3.05) is 6.54 Å². The second kappa shape index (κ2) is 5.46. The molecular formula is C15H25N3O2. The fourth-order valence-corrected chi connectivity index (χ4v) is 2.66. The standard InChI is InChI=1S/C15H25N3O2/c1-11-8-13(10-18-12(2)6-7-16-18)17(9-11)14(19)20-15(3,4)5/h6-7,11,13H,8-10H2,1-5H3/t11-,13+/m1/s1. The van der Waals surface area contributed by atoms with Crippen molar-refractivity contribution in [3.8, 4) is 0 Å². The third-order valence-corrected chi connectivity index (χ3v) is 3.56. The first-order chi connectivity index (χ1) is 9.26. The van der Waals surface area contributed by atoms with Gasteiger partial charge in [-0.3, -0.25) is 4.68 Å². The van der Waals surface area contributed by atoms with Crippen LogP contribution in [0.1, 0.15) is 39.8 Å². The van der Waals surface area contributed by atoms with Gasteiger partial charge in [0.25, 0.3) is 0 Å². The molecule has 2 heterocycles. The highest BCUT2D eigenvalue weighted by atomic mass is 16.6. The number of hydrogen-bond acceptors (Lipinski definition) is 3. The molecule has 0 spiro atoms. The highest BCUT2D eigenvalue weighted by Gasteiger charge is 2.36. The predicted octanol–water partition coefficient (Wildman–Crippen LogP) is 2.84. The zero-order chi connectivity index (χ0) is 14.9. The van der Waals surface area contributed by atoms with Crippen molar-refractivity contribution < 1.29 is 9.53 Å². The van der Waals surface area contributed by atoms with E-state index in [1.807, 2.05) is 43.3 Å². The number of amides is 1. The zero-order valence-electron chi connectivity index (χ0n) is 13.1. The third-order valence-electron chi connectivity index (χ3n) is 3.56. The number of ether oxygens (including phenoxy) is 1. The van der Waals surface area contributed by atoms with E-state index in [9.17, 15) is 4.79 Å². The Bertz CT molecular complexity index is 476. The highest BCUT2D eigenvalue weighted by molar-refractivity contribution is 5.69. The van der Waals surface area contributed by atoms with Crippen molar-refractivity contribution in [2.24, 2.45) is 5.92 Å². The van der Waals surface area contributed by atoms with Crippen LogP contribution >= 0.6 is 0 Å². The Kier molecular flexibility index (Phi) is 4.06. The number of likely N-dealkylation sites (tertiary alicyclic amines) is 1. The van der Waals surface area contributed by atoms with Crippen LogP contribution in [0.2, 0.25) is 0 Å². The summed E-state index contributed by atoms with van der Waals surface area (Å²) in [6, 6.07) is 2.15. The molecule has 2 atom stereocenters. The van der Waals surface area contributed by atoms with Gasteiger partial charge in [0.05, 0.1) is 12.6 Å². The van der Waals surface area contributed by atoms with Crippen LogP contribution in [0.25, 0.3) is 0 Å². The quantitative estimate of drug-likeness (QED) is 0.836. The van der Waals surface area contributed by atoms with Crippen LogP contribution in [0.4, 0.5) is 4.79 Å². The van der Waals surface area contributed by atoms with Crippen LogP contribution in [0.3, 0.4) is 0 Å². The van der Waals surface area contributed by atoms with Crippen molar-refractivity contribution in [2.45, 2.75) is 59.2 Å². The van der Waals surface area contributed by atoms with Crippen molar-refractivity contribution in [1.29, 1.82) is 0 Å². The molecule has 5 nitrogen and oxygen atoms in total. The van der Waals surface area contributed by atoms with Gasteiger partial charge in [0.1, 0.15) is 5.60 Å². The van der Waals surface area contributed by atoms with Gasteiger partial charge < -0.3 is 9.64 Å². The van der Waals surface area contributed by atoms with Crippen LogP contribution in [0.5, 0.6) is 0 Å². The Hall–Kier alpha value is -1.52. The van der Waals surface area contributed by atoms with Gasteiger partial charge in [0.15, 0.2) is 0 Å². The van der Waals surface area contributed by atoms with E-state index in [0.717, 1.165) is 25.2 Å². The number of aryl methyl sites for hydroxylation is 1. The molecule has 20 heavy (non-hydrogen) atoms. The SMILES string of the molecule is Cc1ccnn1C[C@@H]1C[C@@H](C)CN1C(=O)OC(C)(C)C. The molecule has 1 aromatic rings. The van der Waals surface area contributed by atoms with E-state index in [1.165, 1.54) is 0 Å². The van der Waals surface area contributed by atoms with Gasteiger partial charge in [-0.1, -0.05) is 6.92 Å². The summed E-state index contributed by atoms with van der Waals surface area (Å²) in [5.41, 5.74) is 0.670. The summed E-state index contributed by atoms with van der Waals surface area (Å²) in [5.74, 6) is 0.503. The lowest BCUT2D eigenvalue weighted by atomic mass is 10.1. The van der Waals surface area contributed by atoms with Crippen molar-refractivity contribution in [3.05, 3.63) is 18.0 Å². The Morgan fingerprint density at radius 3 is 2.75 bits per heavy atom. The Morgan fingerprint density at radius 2 is 2.20 bits per heavy atom. The van der Waals surface area contributed by atoms with Gasteiger partial charge in [-0.05, 0) is 46.1 Å². The van der Waals surface area contributed by atoms with E-state index in [4.69, 9.17) is 4.74 Å². The molecule has 1 aliphatic rings. The van der Waals surface area contributed by atoms with Crippen LogP contribution in [0, 0.1) is 12.8 Å². The topological polar surface area (TPSA) is 47.4 Å². The summed E-state index contributed by atoms with van der Waals surface area (Å²) >= 11 is 0. The summed E-state index contributed by atoms with van der Waals surface area (Å²) < 4.78 is 7.47. The van der Waals surface area contributed by atoms with E-state index in [1.54, 1.807) is 6.20 Å². The monoisotopic (exact) mass is 279 g/mol. The van der Waals surface area contributed by atoms with Crippen LogP contribution < -0.4 is 0 Å². The minimum Gasteiger partial charge on any atom is -0.444 e. The molecule has 1 saturated heterocycles. The normalized spacial score (nSPS) is 23.1. The van der Waals surface area contributed by atoms with Gasteiger partial charge in [0, 0.05) is 18.4 Å². The van der Waals surface area contributed by atoms with E-state index in [0.29, 0.717) is 5.92 Å². The summed E-state index contributed by atoms with van der Waals surface area (Å²) in [5, 5.41) is 4.31. The molecule has 2 rings (SSSR count). The maximum Gasteiger partial charge on any atom is 0.410 e. The number of nitrogens with zero attached hydrogens (tertiary/aromatic N) is 3. The third kappa shape index (κ3) is 3.52. The van der Waals surface area contributed by atoms with Gasteiger partial charge >= 0.3 is 6.09 Å². The average molecular weight is 279 g/mol. The Labute approximate surface area is 120 Å². The Balaban J connectivity index is 2.07. The number of carbonyl (C=O) groups is 1. The maximum absolute atomic E-state index is 12.3. The maximum atomic E-state index is 12.3. The Morgan fingerprint density at radius 1 is 1.50 bits per heavy atom. The lowest BCUT2D eigenvalue weighted by molar-refractivity contribution is 0.0207. The number of rotatable bonds is 2. The van der Waals surface area contributed by atoms with Gasteiger partial charge in [-0.25, -0.2) is 4.79 Å². The fourth-order valence-electron chi connectivity index (χ4n) is 2.66. The first kappa shape index (κ1) is 14.9. The van der Waals surface area contributed by atoms with Crippen molar-refractivity contribution in [1.82, 2.24) is 14.7 Å². The first-order valence-corrected chi connectivity index (χ1v) is 7.24. The summed E-state index contributed by atoms with van der Waals surface area (Å²) in [4.78, 5) is 14.2. The minimum absolute atomic E-state index is 0.165. The molecule has 0 radical (unpaired) electrons. The van der Waals surface area contributed by atoms with E-state index in [2.05, 4.69) is 12.0 Å². The number of carbonyl (C=O) groups excluding carboxylic acids is 1. The van der Waals surface area contributed by atoms with Gasteiger partial charge in [-0.15, -0.1) is 0 Å². The summed E-state index contributed by atoms with van der Waals surface area (Å²) in [7, 11) is 0. The number of aromatic nitrogens is 2. The van der Waals surface area contributed by atoms with E-state index in [-0.39, 0.29) is 12.1 Å². The molecule has 1 fully saturated rings. The predicted molar refractivity (Wildman–Crippen MR) is 77.5 cm³/mol. The lowest BCUT2D eigenvalue weighted by Crippen LogP contribution is -2.41. The first-order valence-electron chi connectivity index (χ1n) is 7.24. The fraction of sp³-hybridized carbons (Fsp3) is 0.733. The van der Waals surface area contributed by atoms with Crippen LogP contribution in [0.15, 0.2) is 12.3 Å².